The number of rotatable bonds is 3. The topological polar surface area (TPSA) is 40.5 Å². The zero-order valence-corrected chi connectivity index (χ0v) is 13.1. The molecule has 0 spiro atoms. The van der Waals surface area contributed by atoms with Crippen molar-refractivity contribution in [3.8, 4) is 0 Å². The first kappa shape index (κ1) is 14.1. The molecule has 20 heavy (non-hydrogen) atoms. The van der Waals surface area contributed by atoms with Gasteiger partial charge in [0.25, 0.3) is 0 Å². The first-order valence-electron chi connectivity index (χ1n) is 7.39. The molecule has 1 N–H and O–H groups in total. The minimum atomic E-state index is -0.661. The van der Waals surface area contributed by atoms with Gasteiger partial charge >= 0.3 is 5.97 Å². The number of carbonyl (C=O) groups is 1. The third kappa shape index (κ3) is 2.63. The maximum Gasteiger partial charge on any atom is 0.320 e. The maximum absolute atomic E-state index is 11.6. The molecule has 1 aliphatic heterocycles. The summed E-state index contributed by atoms with van der Waals surface area (Å²) in [6.07, 6.45) is 5.67. The van der Waals surface area contributed by atoms with Gasteiger partial charge < -0.3 is 5.11 Å². The summed E-state index contributed by atoms with van der Waals surface area (Å²) in [5, 5.41) is 9.52. The van der Waals surface area contributed by atoms with Crippen molar-refractivity contribution in [3.63, 3.8) is 0 Å². The van der Waals surface area contributed by atoms with E-state index >= 15 is 0 Å². The van der Waals surface area contributed by atoms with Crippen molar-refractivity contribution >= 4 is 21.9 Å². The van der Waals surface area contributed by atoms with Crippen LogP contribution in [0.25, 0.3) is 0 Å². The van der Waals surface area contributed by atoms with Crippen molar-refractivity contribution < 1.29 is 9.90 Å². The molecule has 3 nitrogen and oxygen atoms in total. The Bertz CT molecular complexity index is 505. The summed E-state index contributed by atoms with van der Waals surface area (Å²) in [7, 11) is 0. The summed E-state index contributed by atoms with van der Waals surface area (Å²) in [6, 6.07) is 8.27. The Morgan fingerprint density at radius 1 is 1.30 bits per heavy atom. The maximum atomic E-state index is 11.6. The van der Waals surface area contributed by atoms with E-state index in [1.165, 1.54) is 24.8 Å². The van der Waals surface area contributed by atoms with Gasteiger partial charge in [0, 0.05) is 17.1 Å². The Labute approximate surface area is 128 Å². The van der Waals surface area contributed by atoms with Gasteiger partial charge in [-0.3, -0.25) is 9.69 Å². The molecule has 3 unspecified atom stereocenters. The summed E-state index contributed by atoms with van der Waals surface area (Å²) in [4.78, 5) is 13.8. The summed E-state index contributed by atoms with van der Waals surface area (Å²) in [5.74, 6) is -0.0845. The largest absolute Gasteiger partial charge is 0.480 e. The quantitative estimate of drug-likeness (QED) is 0.914. The summed E-state index contributed by atoms with van der Waals surface area (Å²) in [5.41, 5.74) is 1.19. The van der Waals surface area contributed by atoms with Crippen molar-refractivity contribution in [2.24, 2.45) is 5.92 Å². The number of likely N-dealkylation sites (tertiary alicyclic amines) is 1. The molecule has 2 fully saturated rings. The first-order valence-corrected chi connectivity index (χ1v) is 8.18. The van der Waals surface area contributed by atoms with Gasteiger partial charge in [0.05, 0.1) is 0 Å². The fourth-order valence-corrected chi connectivity index (χ4v) is 4.26. The summed E-state index contributed by atoms with van der Waals surface area (Å²) >= 11 is 3.57. The van der Waals surface area contributed by atoms with Crippen LogP contribution in [0.1, 0.15) is 37.7 Å². The second-order valence-electron chi connectivity index (χ2n) is 5.97. The monoisotopic (exact) mass is 337 g/mol. The first-order chi connectivity index (χ1) is 9.66. The number of hydrogen-bond donors (Lipinski definition) is 1. The lowest BCUT2D eigenvalue weighted by atomic mass is 9.84. The van der Waals surface area contributed by atoms with E-state index in [2.05, 4.69) is 26.9 Å². The second kappa shape index (κ2) is 5.86. The van der Waals surface area contributed by atoms with Gasteiger partial charge in [0.15, 0.2) is 0 Å². The molecule has 1 heterocycles. The van der Waals surface area contributed by atoms with Crippen molar-refractivity contribution in [3.05, 3.63) is 34.3 Å². The molecule has 0 amide bonds. The van der Waals surface area contributed by atoms with Crippen LogP contribution in [-0.2, 0) is 11.3 Å². The van der Waals surface area contributed by atoms with Crippen LogP contribution in [0, 0.1) is 5.92 Å². The van der Waals surface area contributed by atoms with Gasteiger partial charge in [-0.25, -0.2) is 0 Å². The number of halogens is 1. The highest BCUT2D eigenvalue weighted by atomic mass is 79.9. The number of carboxylic acid groups (broad SMARTS) is 1. The van der Waals surface area contributed by atoms with Gasteiger partial charge in [0.2, 0.25) is 0 Å². The molecule has 2 aliphatic rings. The van der Waals surface area contributed by atoms with E-state index < -0.39 is 5.97 Å². The Morgan fingerprint density at radius 2 is 2.05 bits per heavy atom. The minimum absolute atomic E-state index is 0.310. The lowest BCUT2D eigenvalue weighted by Gasteiger charge is -2.33. The van der Waals surface area contributed by atoms with E-state index in [-0.39, 0.29) is 6.04 Å². The van der Waals surface area contributed by atoms with Gasteiger partial charge in [-0.1, -0.05) is 47.0 Å². The lowest BCUT2D eigenvalue weighted by molar-refractivity contribution is -0.142. The van der Waals surface area contributed by atoms with Crippen molar-refractivity contribution in [1.29, 1.82) is 0 Å². The van der Waals surface area contributed by atoms with Gasteiger partial charge in [0.1, 0.15) is 6.04 Å². The Balaban J connectivity index is 1.84. The van der Waals surface area contributed by atoms with E-state index in [1.807, 2.05) is 18.2 Å². The molecule has 1 aromatic carbocycles. The van der Waals surface area contributed by atoms with Crippen LogP contribution < -0.4 is 0 Å². The number of aliphatic carboxylic acids is 1. The molecule has 0 radical (unpaired) electrons. The molecular weight excluding hydrogens is 318 g/mol. The summed E-state index contributed by atoms with van der Waals surface area (Å²) in [6.45, 7) is 0.736. The highest BCUT2D eigenvalue weighted by Gasteiger charge is 2.45. The van der Waals surface area contributed by atoms with Crippen LogP contribution in [0.2, 0.25) is 0 Å². The molecule has 3 rings (SSSR count). The van der Waals surface area contributed by atoms with E-state index in [0.29, 0.717) is 12.0 Å². The fourth-order valence-electron chi connectivity index (χ4n) is 3.85. The second-order valence-corrected chi connectivity index (χ2v) is 6.82. The molecule has 1 aliphatic carbocycles. The van der Waals surface area contributed by atoms with Crippen LogP contribution in [0.15, 0.2) is 28.7 Å². The van der Waals surface area contributed by atoms with Gasteiger partial charge in [-0.2, -0.15) is 0 Å². The fraction of sp³-hybridized carbons (Fsp3) is 0.562. The smallest absolute Gasteiger partial charge is 0.320 e. The molecule has 4 heteroatoms. The molecule has 1 saturated carbocycles. The Kier molecular flexibility index (Phi) is 4.13. The number of nitrogens with zero attached hydrogens (tertiary/aromatic N) is 1. The highest BCUT2D eigenvalue weighted by molar-refractivity contribution is 9.10. The normalized spacial score (nSPS) is 30.1. The van der Waals surface area contributed by atoms with Crippen molar-refractivity contribution in [2.75, 3.05) is 0 Å². The highest BCUT2D eigenvalue weighted by Crippen LogP contribution is 2.41. The minimum Gasteiger partial charge on any atom is -0.480 e. The average molecular weight is 338 g/mol. The van der Waals surface area contributed by atoms with E-state index in [9.17, 15) is 9.90 Å². The third-order valence-corrected chi connectivity index (χ3v) is 5.59. The van der Waals surface area contributed by atoms with E-state index in [4.69, 9.17) is 0 Å². The van der Waals surface area contributed by atoms with Crippen molar-refractivity contribution in [1.82, 2.24) is 4.90 Å². The molecule has 1 aromatic rings. The third-order valence-electron chi connectivity index (χ3n) is 4.82. The number of hydrogen-bond acceptors (Lipinski definition) is 2. The number of benzene rings is 1. The van der Waals surface area contributed by atoms with Crippen LogP contribution in [0.5, 0.6) is 0 Å². The molecule has 0 aromatic heterocycles. The van der Waals surface area contributed by atoms with Crippen LogP contribution in [0.4, 0.5) is 0 Å². The summed E-state index contributed by atoms with van der Waals surface area (Å²) < 4.78 is 1.07. The predicted octanol–water partition coefficient (Wildman–Crippen LogP) is 3.67. The average Bonchev–Trinajstić information content (AvgIpc) is 2.81. The predicted molar refractivity (Wildman–Crippen MR) is 81.5 cm³/mol. The SMILES string of the molecule is O=C(O)C1CC2CCCCC2N1Cc1ccccc1Br. The Hall–Kier alpha value is -0.870. The van der Waals surface area contributed by atoms with Gasteiger partial charge in [-0.15, -0.1) is 0 Å². The number of carboxylic acids is 1. The zero-order valence-electron chi connectivity index (χ0n) is 11.5. The lowest BCUT2D eigenvalue weighted by Crippen LogP contribution is -2.41. The Morgan fingerprint density at radius 3 is 2.80 bits per heavy atom. The number of fused-ring (bicyclic) bond motifs is 1. The van der Waals surface area contributed by atoms with E-state index in [1.54, 1.807) is 0 Å². The van der Waals surface area contributed by atoms with Crippen LogP contribution >= 0.6 is 15.9 Å². The molecule has 1 saturated heterocycles. The van der Waals surface area contributed by atoms with Gasteiger partial charge in [-0.05, 0) is 36.8 Å². The zero-order chi connectivity index (χ0) is 14.1. The van der Waals surface area contributed by atoms with Crippen molar-refractivity contribution in [2.45, 2.75) is 50.7 Å². The standard InChI is InChI=1S/C16H20BrNO2/c17-13-7-3-1-6-12(13)10-18-14-8-4-2-5-11(14)9-15(18)16(19)20/h1,3,6-7,11,14-15H,2,4-5,8-10H2,(H,19,20). The van der Waals surface area contributed by atoms with Crippen LogP contribution in [-0.4, -0.2) is 28.1 Å². The molecule has 3 atom stereocenters. The molecular formula is C16H20BrNO2. The molecule has 0 bridgehead atoms. The van der Waals surface area contributed by atoms with Crippen LogP contribution in [0.3, 0.4) is 0 Å². The van der Waals surface area contributed by atoms with E-state index in [0.717, 1.165) is 23.9 Å². The molecule has 108 valence electrons.